The quantitative estimate of drug-likeness (QED) is 0.337. The van der Waals surface area contributed by atoms with E-state index in [1.54, 1.807) is 0 Å². The number of benzene rings is 2. The van der Waals surface area contributed by atoms with Gasteiger partial charge in [0.25, 0.3) is 11.4 Å². The third-order valence-electron chi connectivity index (χ3n) is 5.72. The Bertz CT molecular complexity index is 1170. The maximum atomic E-state index is 12.8. The van der Waals surface area contributed by atoms with E-state index in [1.807, 2.05) is 0 Å². The van der Waals surface area contributed by atoms with Gasteiger partial charge in [0, 0.05) is 55.6 Å². The molecule has 38 heavy (non-hydrogen) atoms. The molecule has 1 aliphatic rings. The first-order valence-corrected chi connectivity index (χ1v) is 12.5. The molecule has 1 aliphatic heterocycles. The summed E-state index contributed by atoms with van der Waals surface area (Å²) >= 11 is 1.15. The average Bonchev–Trinajstić information content (AvgIpc) is 3.28. The number of nitrogens with one attached hydrogen (secondary N) is 1. The lowest BCUT2D eigenvalue weighted by molar-refractivity contribution is -0.385. The van der Waals surface area contributed by atoms with Gasteiger partial charge in [0.15, 0.2) is 5.12 Å². The highest BCUT2D eigenvalue weighted by atomic mass is 32.2. The fraction of sp³-hybridized carbons (Fsp3) is 0.375. The van der Waals surface area contributed by atoms with E-state index in [4.69, 9.17) is 9.47 Å². The Morgan fingerprint density at radius 1 is 0.947 bits per heavy atom. The zero-order valence-electron chi connectivity index (χ0n) is 20.4. The number of hydrogen-bond acceptors (Lipinski definition) is 10. The fourth-order valence-corrected chi connectivity index (χ4v) is 4.91. The van der Waals surface area contributed by atoms with Crippen molar-refractivity contribution in [3.8, 4) is 0 Å². The Hall–Kier alpha value is -4.20. The van der Waals surface area contributed by atoms with Gasteiger partial charge in [0.1, 0.15) is 13.2 Å². The first-order chi connectivity index (χ1) is 18.1. The van der Waals surface area contributed by atoms with Crippen LogP contribution in [0.1, 0.15) is 30.9 Å². The lowest BCUT2D eigenvalue weighted by Crippen LogP contribution is -2.38. The minimum absolute atomic E-state index is 0.0631. The van der Waals surface area contributed by atoms with E-state index >= 15 is 0 Å². The van der Waals surface area contributed by atoms with Crippen molar-refractivity contribution in [2.75, 3.05) is 13.1 Å². The summed E-state index contributed by atoms with van der Waals surface area (Å²) in [7, 11) is 0. The maximum absolute atomic E-state index is 12.8. The molecule has 0 spiro atoms. The van der Waals surface area contributed by atoms with Crippen LogP contribution in [0.15, 0.2) is 48.5 Å². The first kappa shape index (κ1) is 28.4. The average molecular weight is 547 g/mol. The summed E-state index contributed by atoms with van der Waals surface area (Å²) in [6.07, 6.45) is -0.325. The summed E-state index contributed by atoms with van der Waals surface area (Å²) in [5.41, 5.74) is 1.05. The molecule has 13 nitrogen and oxygen atoms in total. The SMILES string of the molecule is CC(=O)S[C@H]1C[C@@H](CCNC(=O)OCc2ccc([N+](=O)[O-])cc2)N(C(=O)OCc2ccc([N+](=O)[O-])cc2)C1. The molecule has 202 valence electrons. The Morgan fingerprint density at radius 2 is 1.47 bits per heavy atom. The molecule has 1 fully saturated rings. The number of thioether (sulfide) groups is 1. The van der Waals surface area contributed by atoms with Crippen molar-refractivity contribution < 1.29 is 33.7 Å². The normalized spacial score (nSPS) is 16.5. The summed E-state index contributed by atoms with van der Waals surface area (Å²) in [4.78, 5) is 58.5. The van der Waals surface area contributed by atoms with Crippen LogP contribution in [0.25, 0.3) is 0 Å². The number of rotatable bonds is 10. The van der Waals surface area contributed by atoms with Crippen molar-refractivity contribution in [3.63, 3.8) is 0 Å². The van der Waals surface area contributed by atoms with Crippen molar-refractivity contribution in [1.29, 1.82) is 0 Å². The van der Waals surface area contributed by atoms with E-state index in [-0.39, 0.29) is 47.5 Å². The minimum atomic E-state index is -0.677. The topological polar surface area (TPSA) is 171 Å². The zero-order valence-corrected chi connectivity index (χ0v) is 21.3. The number of carbonyl (C=O) groups excluding carboxylic acids is 3. The lowest BCUT2D eigenvalue weighted by Gasteiger charge is -2.24. The van der Waals surface area contributed by atoms with Crippen LogP contribution < -0.4 is 5.32 Å². The van der Waals surface area contributed by atoms with E-state index in [0.29, 0.717) is 30.5 Å². The second-order valence-corrected chi connectivity index (χ2v) is 9.94. The molecule has 1 saturated heterocycles. The zero-order chi connectivity index (χ0) is 27.7. The van der Waals surface area contributed by atoms with Crippen LogP contribution in [0.3, 0.4) is 0 Å². The Labute approximate surface area is 221 Å². The summed E-state index contributed by atoms with van der Waals surface area (Å²) < 4.78 is 10.5. The number of non-ortho nitro benzene ring substituents is 2. The number of nitro groups is 2. The maximum Gasteiger partial charge on any atom is 0.410 e. The van der Waals surface area contributed by atoms with Gasteiger partial charge in [-0.15, -0.1) is 0 Å². The standard InChI is InChI=1S/C24H26N4O9S/c1-16(29)38-22-12-21(10-11-25-23(30)36-14-17-2-6-19(7-3-17)27(32)33)26(13-22)24(31)37-15-18-4-8-20(9-5-18)28(34)35/h2-9,21-22H,10-15H2,1H3,(H,25,30)/t21-,22+/m1/s1. The van der Waals surface area contributed by atoms with E-state index in [9.17, 15) is 34.6 Å². The third-order valence-corrected chi connectivity index (χ3v) is 6.72. The molecule has 3 rings (SSSR count). The number of ether oxygens (including phenoxy) is 2. The van der Waals surface area contributed by atoms with Crippen molar-refractivity contribution in [3.05, 3.63) is 79.9 Å². The summed E-state index contributed by atoms with van der Waals surface area (Å²) in [6, 6.07) is 11.0. The molecule has 0 aliphatic carbocycles. The van der Waals surface area contributed by atoms with Crippen molar-refractivity contribution in [2.45, 2.75) is 44.3 Å². The van der Waals surface area contributed by atoms with Crippen LogP contribution >= 0.6 is 11.8 Å². The van der Waals surface area contributed by atoms with Crippen LogP contribution in [-0.4, -0.2) is 56.4 Å². The number of likely N-dealkylation sites (tertiary alicyclic amines) is 1. The van der Waals surface area contributed by atoms with E-state index in [0.717, 1.165) is 11.8 Å². The molecule has 1 N–H and O–H groups in total. The summed E-state index contributed by atoms with van der Waals surface area (Å²) in [5.74, 6) is 0. The lowest BCUT2D eigenvalue weighted by atomic mass is 10.1. The van der Waals surface area contributed by atoms with Crippen LogP contribution in [0.4, 0.5) is 21.0 Å². The van der Waals surface area contributed by atoms with Gasteiger partial charge in [-0.3, -0.25) is 25.0 Å². The molecule has 2 aromatic carbocycles. The third kappa shape index (κ3) is 8.44. The van der Waals surface area contributed by atoms with Gasteiger partial charge in [-0.1, -0.05) is 11.8 Å². The highest BCUT2D eigenvalue weighted by Gasteiger charge is 2.37. The van der Waals surface area contributed by atoms with Crippen LogP contribution in [0, 0.1) is 20.2 Å². The smallest absolute Gasteiger partial charge is 0.410 e. The van der Waals surface area contributed by atoms with E-state index < -0.39 is 22.0 Å². The second-order valence-electron chi connectivity index (χ2n) is 8.47. The van der Waals surface area contributed by atoms with Crippen LogP contribution in [0.2, 0.25) is 0 Å². The molecule has 14 heteroatoms. The fourth-order valence-electron chi connectivity index (χ4n) is 3.89. The van der Waals surface area contributed by atoms with Gasteiger partial charge in [0.05, 0.1) is 9.85 Å². The second kappa shape index (κ2) is 13.4. The van der Waals surface area contributed by atoms with Gasteiger partial charge in [-0.25, -0.2) is 9.59 Å². The Morgan fingerprint density at radius 3 is 1.97 bits per heavy atom. The number of hydrogen-bond donors (Lipinski definition) is 1. The molecule has 0 radical (unpaired) electrons. The molecule has 2 aromatic rings. The molecule has 0 aromatic heterocycles. The molecule has 0 bridgehead atoms. The minimum Gasteiger partial charge on any atom is -0.445 e. The Balaban J connectivity index is 1.48. The highest BCUT2D eigenvalue weighted by molar-refractivity contribution is 8.14. The number of alkyl carbamates (subject to hydrolysis) is 1. The van der Waals surface area contributed by atoms with E-state index in [2.05, 4.69) is 5.32 Å². The first-order valence-electron chi connectivity index (χ1n) is 11.6. The molecule has 0 unspecified atom stereocenters. The molecule has 2 atom stereocenters. The summed E-state index contributed by atoms with van der Waals surface area (Å²) in [5, 5.41) is 23.9. The molecule has 2 amide bonds. The van der Waals surface area contributed by atoms with Crippen LogP contribution in [0.5, 0.6) is 0 Å². The summed E-state index contributed by atoms with van der Waals surface area (Å²) in [6.45, 7) is 1.83. The number of carbonyl (C=O) groups is 3. The monoisotopic (exact) mass is 546 g/mol. The van der Waals surface area contributed by atoms with Gasteiger partial charge in [-0.2, -0.15) is 0 Å². The van der Waals surface area contributed by atoms with Crippen molar-refractivity contribution in [1.82, 2.24) is 10.2 Å². The van der Waals surface area contributed by atoms with Gasteiger partial charge in [-0.05, 0) is 48.2 Å². The van der Waals surface area contributed by atoms with Gasteiger partial charge in [0.2, 0.25) is 0 Å². The molecular formula is C24H26N4O9S. The predicted octanol–water partition coefficient (Wildman–Crippen LogP) is 4.18. The molecule has 1 heterocycles. The van der Waals surface area contributed by atoms with E-state index in [1.165, 1.54) is 60.4 Å². The van der Waals surface area contributed by atoms with Crippen molar-refractivity contribution in [2.24, 2.45) is 0 Å². The molecular weight excluding hydrogens is 520 g/mol. The van der Waals surface area contributed by atoms with Crippen molar-refractivity contribution >= 4 is 40.4 Å². The number of nitro benzene ring substituents is 2. The largest absolute Gasteiger partial charge is 0.445 e. The number of amides is 2. The molecule has 0 saturated carbocycles. The predicted molar refractivity (Wildman–Crippen MR) is 136 cm³/mol. The Kier molecular flexibility index (Phi) is 9.99. The van der Waals surface area contributed by atoms with Gasteiger partial charge >= 0.3 is 12.2 Å². The van der Waals surface area contributed by atoms with Gasteiger partial charge < -0.3 is 19.7 Å². The number of nitrogens with zero attached hydrogens (tertiary/aromatic N) is 3. The highest BCUT2D eigenvalue weighted by Crippen LogP contribution is 2.30. The van der Waals surface area contributed by atoms with Crippen LogP contribution in [-0.2, 0) is 27.5 Å².